The minimum absolute atomic E-state index is 0.617. The molecule has 0 saturated carbocycles. The zero-order chi connectivity index (χ0) is 15.1. The predicted molar refractivity (Wildman–Crippen MR) is 85.7 cm³/mol. The fourth-order valence-electron chi connectivity index (χ4n) is 1.95. The van der Waals surface area contributed by atoms with Crippen LogP contribution in [-0.2, 0) is 0 Å². The van der Waals surface area contributed by atoms with Gasteiger partial charge in [-0.05, 0) is 45.3 Å². The molecule has 0 bridgehead atoms. The van der Waals surface area contributed by atoms with Crippen molar-refractivity contribution in [3.8, 4) is 17.0 Å². The molecule has 0 aromatic carbocycles. The second-order valence-corrected chi connectivity index (χ2v) is 5.10. The molecule has 5 heteroatoms. The SMILES string of the molecule is COc1ccc(-c2ccc(NCCCN(C)C)nc2)cn1. The molecule has 5 nitrogen and oxygen atoms in total. The molecule has 2 aromatic rings. The van der Waals surface area contributed by atoms with Gasteiger partial charge in [0.05, 0.1) is 7.11 Å². The molecule has 1 N–H and O–H groups in total. The topological polar surface area (TPSA) is 50.3 Å². The van der Waals surface area contributed by atoms with Gasteiger partial charge in [0.15, 0.2) is 0 Å². The normalized spacial score (nSPS) is 10.7. The van der Waals surface area contributed by atoms with Crippen LogP contribution >= 0.6 is 0 Å². The second kappa shape index (κ2) is 7.59. The van der Waals surface area contributed by atoms with Gasteiger partial charge in [-0.1, -0.05) is 0 Å². The van der Waals surface area contributed by atoms with Crippen LogP contribution in [0.15, 0.2) is 36.7 Å². The lowest BCUT2D eigenvalue weighted by Crippen LogP contribution is -2.16. The highest BCUT2D eigenvalue weighted by Gasteiger charge is 2.01. The van der Waals surface area contributed by atoms with Crippen molar-refractivity contribution < 1.29 is 4.74 Å². The maximum Gasteiger partial charge on any atom is 0.212 e. The van der Waals surface area contributed by atoms with Gasteiger partial charge in [0.25, 0.3) is 0 Å². The first-order valence-corrected chi connectivity index (χ1v) is 7.04. The molecule has 0 spiro atoms. The number of nitrogens with zero attached hydrogens (tertiary/aromatic N) is 3. The Morgan fingerprint density at radius 2 is 1.76 bits per heavy atom. The number of pyridine rings is 2. The van der Waals surface area contributed by atoms with Crippen LogP contribution in [0.4, 0.5) is 5.82 Å². The molecule has 0 aliphatic carbocycles. The molecule has 0 aliphatic heterocycles. The average molecular weight is 286 g/mol. The van der Waals surface area contributed by atoms with E-state index in [1.165, 1.54) is 0 Å². The Labute approximate surface area is 126 Å². The van der Waals surface area contributed by atoms with Gasteiger partial charge in [-0.3, -0.25) is 0 Å². The fraction of sp³-hybridized carbons (Fsp3) is 0.375. The van der Waals surface area contributed by atoms with Crippen LogP contribution in [0.2, 0.25) is 0 Å². The summed E-state index contributed by atoms with van der Waals surface area (Å²) in [5, 5.41) is 3.32. The van der Waals surface area contributed by atoms with Crippen molar-refractivity contribution in [1.29, 1.82) is 0 Å². The standard InChI is InChI=1S/C16H22N4O/c1-20(2)10-4-9-17-15-7-5-13(11-18-15)14-6-8-16(21-3)19-12-14/h5-8,11-12H,4,9-10H2,1-3H3,(H,17,18). The summed E-state index contributed by atoms with van der Waals surface area (Å²) in [4.78, 5) is 10.8. The van der Waals surface area contributed by atoms with Crippen LogP contribution in [0.1, 0.15) is 6.42 Å². The number of methoxy groups -OCH3 is 1. The van der Waals surface area contributed by atoms with Crippen LogP contribution in [-0.4, -0.2) is 49.2 Å². The number of hydrogen-bond donors (Lipinski definition) is 1. The summed E-state index contributed by atoms with van der Waals surface area (Å²) in [6, 6.07) is 7.87. The Morgan fingerprint density at radius 1 is 1.05 bits per heavy atom. The van der Waals surface area contributed by atoms with Crippen LogP contribution in [0.3, 0.4) is 0 Å². The lowest BCUT2D eigenvalue weighted by atomic mass is 10.1. The first-order valence-electron chi connectivity index (χ1n) is 7.04. The minimum atomic E-state index is 0.617. The molecule has 0 amide bonds. The lowest BCUT2D eigenvalue weighted by molar-refractivity contribution is 0.398. The van der Waals surface area contributed by atoms with Gasteiger partial charge in [-0.15, -0.1) is 0 Å². The molecule has 2 heterocycles. The molecule has 0 atom stereocenters. The van der Waals surface area contributed by atoms with Crippen LogP contribution in [0, 0.1) is 0 Å². The Kier molecular flexibility index (Phi) is 5.51. The van der Waals surface area contributed by atoms with Crippen LogP contribution < -0.4 is 10.1 Å². The summed E-state index contributed by atoms with van der Waals surface area (Å²) in [5.74, 6) is 1.52. The summed E-state index contributed by atoms with van der Waals surface area (Å²) < 4.78 is 5.06. The van der Waals surface area contributed by atoms with E-state index in [0.717, 1.165) is 36.5 Å². The van der Waals surface area contributed by atoms with Gasteiger partial charge in [0.1, 0.15) is 5.82 Å². The summed E-state index contributed by atoms with van der Waals surface area (Å²) in [6.45, 7) is 2.00. The summed E-state index contributed by atoms with van der Waals surface area (Å²) in [5.41, 5.74) is 2.08. The summed E-state index contributed by atoms with van der Waals surface area (Å²) in [6.07, 6.45) is 4.75. The second-order valence-electron chi connectivity index (χ2n) is 5.10. The lowest BCUT2D eigenvalue weighted by Gasteiger charge is -2.10. The van der Waals surface area contributed by atoms with Crippen molar-refractivity contribution in [1.82, 2.24) is 14.9 Å². The predicted octanol–water partition coefficient (Wildman–Crippen LogP) is 2.52. The Bertz CT molecular complexity index is 537. The quantitative estimate of drug-likeness (QED) is 0.793. The van der Waals surface area contributed by atoms with Crippen molar-refractivity contribution in [3.05, 3.63) is 36.7 Å². The molecule has 0 radical (unpaired) electrons. The molecule has 0 unspecified atom stereocenters. The Balaban J connectivity index is 1.91. The first-order chi connectivity index (χ1) is 10.2. The Hall–Kier alpha value is -2.14. The highest BCUT2D eigenvalue weighted by Crippen LogP contribution is 2.20. The van der Waals surface area contributed by atoms with Crippen LogP contribution in [0.25, 0.3) is 11.1 Å². The van der Waals surface area contributed by atoms with E-state index in [0.29, 0.717) is 5.88 Å². The fourth-order valence-corrected chi connectivity index (χ4v) is 1.95. The van der Waals surface area contributed by atoms with E-state index >= 15 is 0 Å². The zero-order valence-electron chi connectivity index (χ0n) is 12.8. The highest BCUT2D eigenvalue weighted by atomic mass is 16.5. The van der Waals surface area contributed by atoms with Gasteiger partial charge in [0.2, 0.25) is 5.88 Å². The Morgan fingerprint density at radius 3 is 2.29 bits per heavy atom. The number of ether oxygens (including phenoxy) is 1. The van der Waals surface area contributed by atoms with Crippen molar-refractivity contribution in [2.24, 2.45) is 0 Å². The van der Waals surface area contributed by atoms with E-state index in [-0.39, 0.29) is 0 Å². The number of anilines is 1. The van der Waals surface area contributed by atoms with Gasteiger partial charge in [0, 0.05) is 36.1 Å². The molecular weight excluding hydrogens is 264 g/mol. The van der Waals surface area contributed by atoms with Gasteiger partial charge < -0.3 is 15.0 Å². The van der Waals surface area contributed by atoms with E-state index in [2.05, 4.69) is 34.3 Å². The third-order valence-electron chi connectivity index (χ3n) is 3.13. The molecule has 21 heavy (non-hydrogen) atoms. The van der Waals surface area contributed by atoms with Crippen molar-refractivity contribution >= 4 is 5.82 Å². The molecule has 0 aliphatic rings. The molecule has 0 saturated heterocycles. The number of rotatable bonds is 7. The largest absolute Gasteiger partial charge is 0.481 e. The van der Waals surface area contributed by atoms with Gasteiger partial charge in [-0.25, -0.2) is 9.97 Å². The summed E-state index contributed by atoms with van der Waals surface area (Å²) >= 11 is 0. The monoisotopic (exact) mass is 286 g/mol. The smallest absolute Gasteiger partial charge is 0.212 e. The van der Waals surface area contributed by atoms with Crippen molar-refractivity contribution in [2.75, 3.05) is 39.6 Å². The maximum atomic E-state index is 5.06. The average Bonchev–Trinajstić information content (AvgIpc) is 2.52. The third kappa shape index (κ3) is 4.72. The highest BCUT2D eigenvalue weighted by molar-refractivity contribution is 5.63. The van der Waals surface area contributed by atoms with Gasteiger partial charge >= 0.3 is 0 Å². The van der Waals surface area contributed by atoms with Crippen molar-refractivity contribution in [3.63, 3.8) is 0 Å². The number of nitrogens with one attached hydrogen (secondary N) is 1. The third-order valence-corrected chi connectivity index (χ3v) is 3.13. The molecule has 2 rings (SSSR count). The molecular formula is C16H22N4O. The first kappa shape index (κ1) is 15.3. The van der Waals surface area contributed by atoms with E-state index < -0.39 is 0 Å². The van der Waals surface area contributed by atoms with Crippen LogP contribution in [0.5, 0.6) is 5.88 Å². The van der Waals surface area contributed by atoms with E-state index in [9.17, 15) is 0 Å². The minimum Gasteiger partial charge on any atom is -0.481 e. The van der Waals surface area contributed by atoms with E-state index in [1.807, 2.05) is 30.5 Å². The summed E-state index contributed by atoms with van der Waals surface area (Å²) in [7, 11) is 5.77. The van der Waals surface area contributed by atoms with Crippen molar-refractivity contribution in [2.45, 2.75) is 6.42 Å². The zero-order valence-corrected chi connectivity index (χ0v) is 12.8. The van der Waals surface area contributed by atoms with E-state index in [4.69, 9.17) is 4.74 Å². The maximum absolute atomic E-state index is 5.06. The molecule has 112 valence electrons. The molecule has 0 fully saturated rings. The van der Waals surface area contributed by atoms with Gasteiger partial charge in [-0.2, -0.15) is 0 Å². The molecule has 2 aromatic heterocycles. The number of hydrogen-bond acceptors (Lipinski definition) is 5. The number of aromatic nitrogens is 2. The van der Waals surface area contributed by atoms with E-state index in [1.54, 1.807) is 13.3 Å².